The first-order chi connectivity index (χ1) is 9.33. The van der Waals surface area contributed by atoms with Gasteiger partial charge in [-0.25, -0.2) is 9.97 Å². The Morgan fingerprint density at radius 3 is 2.89 bits per heavy atom. The van der Waals surface area contributed by atoms with Crippen LogP contribution >= 0.6 is 15.9 Å². The van der Waals surface area contributed by atoms with Crippen molar-refractivity contribution in [2.75, 3.05) is 5.32 Å². The molecule has 0 aliphatic carbocycles. The van der Waals surface area contributed by atoms with Crippen LogP contribution in [0.2, 0.25) is 0 Å². The van der Waals surface area contributed by atoms with E-state index >= 15 is 0 Å². The van der Waals surface area contributed by atoms with E-state index in [-0.39, 0.29) is 0 Å². The highest BCUT2D eigenvalue weighted by molar-refractivity contribution is 9.10. The van der Waals surface area contributed by atoms with Gasteiger partial charge in [0.1, 0.15) is 11.8 Å². The number of anilines is 1. The summed E-state index contributed by atoms with van der Waals surface area (Å²) in [6.07, 6.45) is 6.79. The Morgan fingerprint density at radius 1 is 1.11 bits per heavy atom. The molecule has 0 spiro atoms. The first kappa shape index (κ1) is 12.0. The SMILES string of the molecule is Brc1cnc2c(NCc3ccncn3)ccnc2c1. The highest BCUT2D eigenvalue weighted by atomic mass is 79.9. The lowest BCUT2D eigenvalue weighted by molar-refractivity contribution is 1.01. The van der Waals surface area contributed by atoms with E-state index in [1.54, 1.807) is 18.6 Å². The Hall–Kier alpha value is -2.08. The summed E-state index contributed by atoms with van der Waals surface area (Å²) in [5, 5.41) is 3.32. The second-order valence-electron chi connectivity index (χ2n) is 3.93. The molecule has 0 amide bonds. The van der Waals surface area contributed by atoms with Crippen LogP contribution in [0.4, 0.5) is 5.69 Å². The number of hydrogen-bond donors (Lipinski definition) is 1. The summed E-state index contributed by atoms with van der Waals surface area (Å²) < 4.78 is 0.917. The summed E-state index contributed by atoms with van der Waals surface area (Å²) in [6, 6.07) is 5.73. The van der Waals surface area contributed by atoms with Crippen LogP contribution in [0.1, 0.15) is 5.69 Å². The molecule has 6 heteroatoms. The van der Waals surface area contributed by atoms with Gasteiger partial charge in [0, 0.05) is 23.1 Å². The summed E-state index contributed by atoms with van der Waals surface area (Å²) in [5.74, 6) is 0. The second kappa shape index (κ2) is 5.27. The molecule has 0 aliphatic rings. The van der Waals surface area contributed by atoms with E-state index in [1.807, 2.05) is 18.2 Å². The highest BCUT2D eigenvalue weighted by Gasteiger charge is 2.04. The van der Waals surface area contributed by atoms with Crippen molar-refractivity contribution in [1.82, 2.24) is 19.9 Å². The van der Waals surface area contributed by atoms with Crippen LogP contribution in [-0.4, -0.2) is 19.9 Å². The minimum atomic E-state index is 0.624. The predicted octanol–water partition coefficient (Wildman–Crippen LogP) is 2.79. The molecule has 0 aromatic carbocycles. The Balaban J connectivity index is 1.89. The monoisotopic (exact) mass is 315 g/mol. The summed E-state index contributed by atoms with van der Waals surface area (Å²) in [5.41, 5.74) is 3.56. The lowest BCUT2D eigenvalue weighted by Gasteiger charge is -2.08. The van der Waals surface area contributed by atoms with Gasteiger partial charge in [0.15, 0.2) is 0 Å². The zero-order valence-electron chi connectivity index (χ0n) is 9.92. The first-order valence-corrected chi connectivity index (χ1v) is 6.51. The van der Waals surface area contributed by atoms with Crippen LogP contribution < -0.4 is 5.32 Å². The Labute approximate surface area is 118 Å². The van der Waals surface area contributed by atoms with E-state index in [9.17, 15) is 0 Å². The van der Waals surface area contributed by atoms with Crippen LogP contribution in [0.15, 0.2) is 47.6 Å². The van der Waals surface area contributed by atoms with Gasteiger partial charge in [0.05, 0.1) is 23.4 Å². The molecule has 3 aromatic heterocycles. The van der Waals surface area contributed by atoms with Gasteiger partial charge in [0.25, 0.3) is 0 Å². The van der Waals surface area contributed by atoms with E-state index in [4.69, 9.17) is 0 Å². The van der Waals surface area contributed by atoms with E-state index in [2.05, 4.69) is 41.2 Å². The van der Waals surface area contributed by atoms with Crippen molar-refractivity contribution in [3.05, 3.63) is 53.3 Å². The molecular formula is C13H10BrN5. The van der Waals surface area contributed by atoms with Gasteiger partial charge in [-0.1, -0.05) is 0 Å². The molecule has 3 heterocycles. The number of fused-ring (bicyclic) bond motifs is 1. The molecule has 0 unspecified atom stereocenters. The number of nitrogens with zero attached hydrogens (tertiary/aromatic N) is 4. The molecule has 1 N–H and O–H groups in total. The number of rotatable bonds is 3. The Morgan fingerprint density at radius 2 is 2.05 bits per heavy atom. The third-order valence-electron chi connectivity index (χ3n) is 2.65. The van der Waals surface area contributed by atoms with Crippen molar-refractivity contribution >= 4 is 32.7 Å². The highest BCUT2D eigenvalue weighted by Crippen LogP contribution is 2.22. The molecule has 0 atom stereocenters. The maximum Gasteiger partial charge on any atom is 0.115 e. The van der Waals surface area contributed by atoms with Crippen molar-refractivity contribution < 1.29 is 0 Å². The zero-order chi connectivity index (χ0) is 13.1. The minimum absolute atomic E-state index is 0.624. The maximum atomic E-state index is 4.39. The molecule has 3 aromatic rings. The molecule has 94 valence electrons. The van der Waals surface area contributed by atoms with Crippen molar-refractivity contribution in [3.8, 4) is 0 Å². The van der Waals surface area contributed by atoms with Crippen LogP contribution in [0.3, 0.4) is 0 Å². The maximum absolute atomic E-state index is 4.39. The smallest absolute Gasteiger partial charge is 0.115 e. The van der Waals surface area contributed by atoms with Crippen LogP contribution in [0.25, 0.3) is 11.0 Å². The van der Waals surface area contributed by atoms with Gasteiger partial charge in [0.2, 0.25) is 0 Å². The average Bonchev–Trinajstić information content (AvgIpc) is 2.45. The minimum Gasteiger partial charge on any atom is -0.378 e. The fourth-order valence-electron chi connectivity index (χ4n) is 1.76. The van der Waals surface area contributed by atoms with E-state index in [1.165, 1.54) is 6.33 Å². The fourth-order valence-corrected chi connectivity index (χ4v) is 2.08. The third-order valence-corrected chi connectivity index (χ3v) is 3.08. The van der Waals surface area contributed by atoms with Crippen molar-refractivity contribution in [3.63, 3.8) is 0 Å². The largest absolute Gasteiger partial charge is 0.378 e. The second-order valence-corrected chi connectivity index (χ2v) is 4.85. The Kier molecular flexibility index (Phi) is 3.33. The molecule has 0 fully saturated rings. The molecule has 5 nitrogen and oxygen atoms in total. The average molecular weight is 316 g/mol. The van der Waals surface area contributed by atoms with Gasteiger partial charge in [-0.3, -0.25) is 9.97 Å². The first-order valence-electron chi connectivity index (χ1n) is 5.72. The van der Waals surface area contributed by atoms with Crippen molar-refractivity contribution in [2.24, 2.45) is 0 Å². The van der Waals surface area contributed by atoms with Crippen LogP contribution in [0.5, 0.6) is 0 Å². The van der Waals surface area contributed by atoms with Gasteiger partial charge >= 0.3 is 0 Å². The number of hydrogen-bond acceptors (Lipinski definition) is 5. The zero-order valence-corrected chi connectivity index (χ0v) is 11.5. The normalized spacial score (nSPS) is 10.6. The van der Waals surface area contributed by atoms with Gasteiger partial charge in [-0.05, 0) is 34.1 Å². The summed E-state index contributed by atoms with van der Waals surface area (Å²) in [4.78, 5) is 16.8. The van der Waals surface area contributed by atoms with Gasteiger partial charge in [-0.15, -0.1) is 0 Å². The Bertz CT molecular complexity index is 702. The van der Waals surface area contributed by atoms with Crippen LogP contribution in [-0.2, 0) is 6.54 Å². The molecule has 3 rings (SSSR count). The van der Waals surface area contributed by atoms with Crippen LogP contribution in [0, 0.1) is 0 Å². The lowest BCUT2D eigenvalue weighted by atomic mass is 10.2. The molecule has 0 saturated heterocycles. The van der Waals surface area contributed by atoms with E-state index in [0.29, 0.717) is 6.54 Å². The number of halogens is 1. The standard InChI is InChI=1S/C13H10BrN5/c14-9-5-12-13(18-6-9)11(2-4-16-12)17-7-10-1-3-15-8-19-10/h1-6,8H,7H2,(H,16,17). The van der Waals surface area contributed by atoms with Crippen molar-refractivity contribution in [2.45, 2.75) is 6.54 Å². The quantitative estimate of drug-likeness (QED) is 0.805. The predicted molar refractivity (Wildman–Crippen MR) is 76.6 cm³/mol. The number of pyridine rings is 2. The molecular weight excluding hydrogens is 306 g/mol. The van der Waals surface area contributed by atoms with E-state index in [0.717, 1.165) is 26.9 Å². The lowest BCUT2D eigenvalue weighted by Crippen LogP contribution is -2.03. The summed E-state index contributed by atoms with van der Waals surface area (Å²) in [7, 11) is 0. The van der Waals surface area contributed by atoms with Gasteiger partial charge < -0.3 is 5.32 Å². The number of nitrogens with one attached hydrogen (secondary N) is 1. The molecule has 0 aliphatic heterocycles. The van der Waals surface area contributed by atoms with E-state index < -0.39 is 0 Å². The fraction of sp³-hybridized carbons (Fsp3) is 0.0769. The summed E-state index contributed by atoms with van der Waals surface area (Å²) >= 11 is 3.39. The molecule has 0 radical (unpaired) electrons. The van der Waals surface area contributed by atoms with Crippen molar-refractivity contribution in [1.29, 1.82) is 0 Å². The summed E-state index contributed by atoms with van der Waals surface area (Å²) in [6.45, 7) is 0.624. The molecule has 19 heavy (non-hydrogen) atoms. The molecule has 0 bridgehead atoms. The number of aromatic nitrogens is 4. The van der Waals surface area contributed by atoms with Gasteiger partial charge in [-0.2, -0.15) is 0 Å². The third kappa shape index (κ3) is 2.68. The topological polar surface area (TPSA) is 63.6 Å². The molecule has 0 saturated carbocycles.